The highest BCUT2D eigenvalue weighted by Gasteiger charge is 2.30. The number of carbonyl (C=O) groups excluding carboxylic acids is 1. The van der Waals surface area contributed by atoms with Gasteiger partial charge in [-0.2, -0.15) is 0 Å². The SMILES string of the molecule is CCOC(=O)C(C)(C)OCc1csc(-c2ccc(Cl)cc2)n1. The fraction of sp³-hybridized carbons (Fsp3) is 0.375. The van der Waals surface area contributed by atoms with E-state index in [1.165, 1.54) is 11.3 Å². The Morgan fingerprint density at radius 3 is 2.64 bits per heavy atom. The normalized spacial score (nSPS) is 11.5. The molecule has 6 heteroatoms. The molecule has 1 heterocycles. The average molecular weight is 340 g/mol. The first-order valence-corrected chi connectivity index (χ1v) is 8.19. The molecule has 0 fully saturated rings. The quantitative estimate of drug-likeness (QED) is 0.735. The molecule has 2 rings (SSSR count). The first kappa shape index (κ1) is 16.9. The molecule has 118 valence electrons. The molecule has 1 aromatic heterocycles. The van der Waals surface area contributed by atoms with E-state index in [4.69, 9.17) is 21.1 Å². The number of hydrogen-bond donors (Lipinski definition) is 0. The Kier molecular flexibility index (Phi) is 5.56. The highest BCUT2D eigenvalue weighted by atomic mass is 35.5. The van der Waals surface area contributed by atoms with Gasteiger partial charge < -0.3 is 9.47 Å². The van der Waals surface area contributed by atoms with Crippen molar-refractivity contribution in [1.82, 2.24) is 4.98 Å². The molecular formula is C16H18ClNO3S. The van der Waals surface area contributed by atoms with Crippen LogP contribution in [0.1, 0.15) is 26.5 Å². The number of benzene rings is 1. The number of thiazole rings is 1. The lowest BCUT2D eigenvalue weighted by atomic mass is 10.1. The van der Waals surface area contributed by atoms with E-state index in [9.17, 15) is 4.79 Å². The number of esters is 1. The zero-order valence-corrected chi connectivity index (χ0v) is 14.3. The second kappa shape index (κ2) is 7.22. The fourth-order valence-corrected chi connectivity index (χ4v) is 2.65. The van der Waals surface area contributed by atoms with Crippen molar-refractivity contribution in [2.24, 2.45) is 0 Å². The number of ether oxygens (including phenoxy) is 2. The topological polar surface area (TPSA) is 48.4 Å². The summed E-state index contributed by atoms with van der Waals surface area (Å²) in [6, 6.07) is 7.51. The van der Waals surface area contributed by atoms with Gasteiger partial charge in [-0.15, -0.1) is 11.3 Å². The summed E-state index contributed by atoms with van der Waals surface area (Å²) in [5.74, 6) is -0.372. The predicted octanol–water partition coefficient (Wildman–Crippen LogP) is 4.32. The largest absolute Gasteiger partial charge is 0.464 e. The maximum absolute atomic E-state index is 11.8. The van der Waals surface area contributed by atoms with Crippen molar-refractivity contribution in [1.29, 1.82) is 0 Å². The molecular weight excluding hydrogens is 322 g/mol. The second-order valence-corrected chi connectivity index (χ2v) is 6.46. The zero-order valence-electron chi connectivity index (χ0n) is 12.8. The van der Waals surface area contributed by atoms with E-state index >= 15 is 0 Å². The Morgan fingerprint density at radius 2 is 2.00 bits per heavy atom. The van der Waals surface area contributed by atoms with E-state index in [2.05, 4.69) is 4.98 Å². The Morgan fingerprint density at radius 1 is 1.32 bits per heavy atom. The second-order valence-electron chi connectivity index (χ2n) is 5.17. The van der Waals surface area contributed by atoms with Gasteiger partial charge in [-0.3, -0.25) is 0 Å². The van der Waals surface area contributed by atoms with Crippen molar-refractivity contribution >= 4 is 28.9 Å². The van der Waals surface area contributed by atoms with Crippen LogP contribution >= 0.6 is 22.9 Å². The number of carbonyl (C=O) groups is 1. The third kappa shape index (κ3) is 4.29. The van der Waals surface area contributed by atoms with Gasteiger partial charge in [-0.05, 0) is 32.9 Å². The van der Waals surface area contributed by atoms with Gasteiger partial charge in [0.05, 0.1) is 18.9 Å². The van der Waals surface area contributed by atoms with Crippen LogP contribution in [0.2, 0.25) is 5.02 Å². The summed E-state index contributed by atoms with van der Waals surface area (Å²) < 4.78 is 10.6. The smallest absolute Gasteiger partial charge is 0.337 e. The monoisotopic (exact) mass is 339 g/mol. The fourth-order valence-electron chi connectivity index (χ4n) is 1.72. The number of halogens is 1. The van der Waals surface area contributed by atoms with Crippen LogP contribution in [0.4, 0.5) is 0 Å². The zero-order chi connectivity index (χ0) is 16.2. The molecule has 0 atom stereocenters. The molecule has 22 heavy (non-hydrogen) atoms. The van der Waals surface area contributed by atoms with Gasteiger partial charge in [0.2, 0.25) is 0 Å². The minimum Gasteiger partial charge on any atom is -0.464 e. The van der Waals surface area contributed by atoms with Crippen molar-refractivity contribution in [2.45, 2.75) is 33.0 Å². The molecule has 1 aromatic carbocycles. The summed E-state index contributed by atoms with van der Waals surface area (Å²) in [5, 5.41) is 3.51. The first-order valence-electron chi connectivity index (χ1n) is 6.94. The van der Waals surface area contributed by atoms with Crippen LogP contribution in [-0.4, -0.2) is 23.2 Å². The van der Waals surface area contributed by atoms with E-state index in [-0.39, 0.29) is 12.6 Å². The van der Waals surface area contributed by atoms with Gasteiger partial charge in [0.1, 0.15) is 5.01 Å². The van der Waals surface area contributed by atoms with E-state index in [1.807, 2.05) is 29.6 Å². The molecule has 0 amide bonds. The van der Waals surface area contributed by atoms with Crippen molar-refractivity contribution in [3.05, 3.63) is 40.4 Å². The summed E-state index contributed by atoms with van der Waals surface area (Å²) >= 11 is 7.41. The summed E-state index contributed by atoms with van der Waals surface area (Å²) in [6.07, 6.45) is 0. The van der Waals surface area contributed by atoms with Crippen LogP contribution in [0, 0.1) is 0 Å². The van der Waals surface area contributed by atoms with Crippen molar-refractivity contribution in [3.63, 3.8) is 0 Å². The Bertz CT molecular complexity index is 637. The first-order chi connectivity index (χ1) is 10.4. The van der Waals surface area contributed by atoms with Gasteiger partial charge in [0.25, 0.3) is 0 Å². The third-order valence-corrected chi connectivity index (χ3v) is 4.18. The van der Waals surface area contributed by atoms with Crippen LogP contribution < -0.4 is 0 Å². The number of nitrogens with zero attached hydrogens (tertiary/aromatic N) is 1. The maximum atomic E-state index is 11.8. The number of aromatic nitrogens is 1. The van der Waals surface area contributed by atoms with Gasteiger partial charge >= 0.3 is 5.97 Å². The van der Waals surface area contributed by atoms with Crippen molar-refractivity contribution in [3.8, 4) is 10.6 Å². The summed E-state index contributed by atoms with van der Waals surface area (Å²) in [5.41, 5.74) is 0.803. The minimum atomic E-state index is -0.986. The number of hydrogen-bond acceptors (Lipinski definition) is 5. The molecule has 0 saturated carbocycles. The molecule has 4 nitrogen and oxygen atoms in total. The molecule has 2 aromatic rings. The third-order valence-electron chi connectivity index (χ3n) is 2.99. The van der Waals surface area contributed by atoms with Crippen LogP contribution in [0.5, 0.6) is 0 Å². The number of rotatable bonds is 6. The van der Waals surface area contributed by atoms with Gasteiger partial charge in [-0.1, -0.05) is 23.7 Å². The maximum Gasteiger partial charge on any atom is 0.337 e. The lowest BCUT2D eigenvalue weighted by Crippen LogP contribution is -2.36. The average Bonchev–Trinajstić information content (AvgIpc) is 2.95. The molecule has 0 spiro atoms. The summed E-state index contributed by atoms with van der Waals surface area (Å²) in [7, 11) is 0. The molecule has 0 N–H and O–H groups in total. The van der Waals surface area contributed by atoms with Gasteiger partial charge in [0, 0.05) is 16.0 Å². The van der Waals surface area contributed by atoms with E-state index in [1.54, 1.807) is 20.8 Å². The van der Waals surface area contributed by atoms with Gasteiger partial charge in [0.15, 0.2) is 5.60 Å². The van der Waals surface area contributed by atoms with Crippen molar-refractivity contribution in [2.75, 3.05) is 6.61 Å². The molecule has 0 aliphatic heterocycles. The molecule has 0 radical (unpaired) electrons. The summed E-state index contributed by atoms with van der Waals surface area (Å²) in [6.45, 7) is 5.75. The van der Waals surface area contributed by atoms with E-state index in [0.717, 1.165) is 16.3 Å². The lowest BCUT2D eigenvalue weighted by Gasteiger charge is -2.22. The van der Waals surface area contributed by atoms with Crippen molar-refractivity contribution < 1.29 is 14.3 Å². The highest BCUT2D eigenvalue weighted by molar-refractivity contribution is 7.13. The lowest BCUT2D eigenvalue weighted by molar-refractivity contribution is -0.169. The van der Waals surface area contributed by atoms with Crippen LogP contribution in [0.15, 0.2) is 29.6 Å². The van der Waals surface area contributed by atoms with Crippen LogP contribution in [0.25, 0.3) is 10.6 Å². The molecule has 0 saturated heterocycles. The van der Waals surface area contributed by atoms with Gasteiger partial charge in [-0.25, -0.2) is 9.78 Å². The molecule has 0 bridgehead atoms. The highest BCUT2D eigenvalue weighted by Crippen LogP contribution is 2.26. The van der Waals surface area contributed by atoms with E-state index < -0.39 is 5.60 Å². The molecule has 0 aliphatic rings. The summed E-state index contributed by atoms with van der Waals surface area (Å²) in [4.78, 5) is 16.3. The van der Waals surface area contributed by atoms with Crippen LogP contribution in [-0.2, 0) is 20.9 Å². The van der Waals surface area contributed by atoms with E-state index in [0.29, 0.717) is 11.6 Å². The predicted molar refractivity (Wildman–Crippen MR) is 88.1 cm³/mol. The van der Waals surface area contributed by atoms with Crippen LogP contribution in [0.3, 0.4) is 0 Å². The standard InChI is InChI=1S/C16H18ClNO3S/c1-4-20-15(19)16(2,3)21-9-13-10-22-14(18-13)11-5-7-12(17)8-6-11/h5-8,10H,4,9H2,1-3H3. The Hall–Kier alpha value is -1.43. The molecule has 0 aliphatic carbocycles. The molecule has 0 unspecified atom stereocenters. The Labute approximate surface area is 139 Å². The minimum absolute atomic E-state index is 0.260. The Balaban J connectivity index is 2.00.